The highest BCUT2D eigenvalue weighted by Crippen LogP contribution is 2.25. The number of likely N-dealkylation sites (N-methyl/N-ethyl adjacent to an activating group) is 1. The molecule has 2 heterocycles. The van der Waals surface area contributed by atoms with E-state index in [0.29, 0.717) is 12.5 Å². The molecule has 3 N–H and O–H groups in total. The Morgan fingerprint density at radius 3 is 3.05 bits per heavy atom. The molecule has 1 aromatic heterocycles. The van der Waals surface area contributed by atoms with Gasteiger partial charge >= 0.3 is 0 Å². The fourth-order valence-corrected chi connectivity index (χ4v) is 3.20. The minimum Gasteiger partial charge on any atom is -0.369 e. The van der Waals surface area contributed by atoms with Crippen molar-refractivity contribution in [2.24, 2.45) is 5.73 Å². The molecule has 0 bridgehead atoms. The van der Waals surface area contributed by atoms with E-state index in [1.807, 2.05) is 12.1 Å². The van der Waals surface area contributed by atoms with Crippen molar-refractivity contribution in [2.45, 2.75) is 31.7 Å². The first-order valence-corrected chi connectivity index (χ1v) is 7.21. The molecule has 0 radical (unpaired) electrons. The summed E-state index contributed by atoms with van der Waals surface area (Å²) in [4.78, 5) is 16.8. The summed E-state index contributed by atoms with van der Waals surface area (Å²) < 4.78 is 0. The van der Waals surface area contributed by atoms with Crippen LogP contribution in [0.5, 0.6) is 0 Å². The number of benzene rings is 1. The second-order valence-electron chi connectivity index (χ2n) is 5.82. The number of nitrogens with zero attached hydrogens (tertiary/aromatic N) is 1. The van der Waals surface area contributed by atoms with Gasteiger partial charge in [-0.2, -0.15) is 0 Å². The van der Waals surface area contributed by atoms with Crippen molar-refractivity contribution in [3.8, 4) is 0 Å². The fourth-order valence-electron chi connectivity index (χ4n) is 3.20. The molecule has 2 aromatic rings. The summed E-state index contributed by atoms with van der Waals surface area (Å²) in [7, 11) is 2.20. The third kappa shape index (κ3) is 2.56. The van der Waals surface area contributed by atoms with Crippen LogP contribution in [0.15, 0.2) is 24.4 Å². The summed E-state index contributed by atoms with van der Waals surface area (Å²) in [6.45, 7) is 1.19. The highest BCUT2D eigenvalue weighted by molar-refractivity contribution is 5.85. The summed E-state index contributed by atoms with van der Waals surface area (Å²) in [6.07, 6.45) is 6.03. The van der Waals surface area contributed by atoms with Crippen LogP contribution in [0.1, 0.15) is 24.0 Å². The van der Waals surface area contributed by atoms with E-state index in [4.69, 9.17) is 5.73 Å². The van der Waals surface area contributed by atoms with Crippen molar-refractivity contribution in [1.82, 2.24) is 9.88 Å². The van der Waals surface area contributed by atoms with E-state index in [0.717, 1.165) is 17.5 Å². The zero-order chi connectivity index (χ0) is 14.1. The molecular weight excluding hydrogens is 250 g/mol. The van der Waals surface area contributed by atoms with Gasteiger partial charge in [0.15, 0.2) is 0 Å². The summed E-state index contributed by atoms with van der Waals surface area (Å²) in [5, 5.41) is 1.23. The molecule has 1 aliphatic rings. The molecule has 1 aliphatic heterocycles. The SMILES string of the molecule is CN1CCC[C@@H]1Cc1c[nH]c2ccc(CC(N)=O)cc12. The zero-order valence-corrected chi connectivity index (χ0v) is 11.9. The molecule has 1 fully saturated rings. The zero-order valence-electron chi connectivity index (χ0n) is 11.9. The van der Waals surface area contributed by atoms with E-state index >= 15 is 0 Å². The molecule has 4 heteroatoms. The average molecular weight is 271 g/mol. The van der Waals surface area contributed by atoms with Crippen molar-refractivity contribution in [2.75, 3.05) is 13.6 Å². The Morgan fingerprint density at radius 2 is 2.35 bits per heavy atom. The van der Waals surface area contributed by atoms with Crippen LogP contribution in [0.2, 0.25) is 0 Å². The lowest BCUT2D eigenvalue weighted by atomic mass is 10.0. The highest BCUT2D eigenvalue weighted by atomic mass is 16.1. The van der Waals surface area contributed by atoms with Crippen LogP contribution in [0.3, 0.4) is 0 Å². The molecule has 0 aliphatic carbocycles. The smallest absolute Gasteiger partial charge is 0.221 e. The molecule has 0 saturated carbocycles. The van der Waals surface area contributed by atoms with Crippen molar-refractivity contribution in [1.29, 1.82) is 0 Å². The number of aromatic nitrogens is 1. The highest BCUT2D eigenvalue weighted by Gasteiger charge is 2.22. The van der Waals surface area contributed by atoms with Crippen LogP contribution in [-0.4, -0.2) is 35.4 Å². The predicted octanol–water partition coefficient (Wildman–Crippen LogP) is 1.83. The van der Waals surface area contributed by atoms with Gasteiger partial charge in [0.05, 0.1) is 6.42 Å². The van der Waals surface area contributed by atoms with Gasteiger partial charge < -0.3 is 15.6 Å². The van der Waals surface area contributed by atoms with E-state index in [1.54, 1.807) is 0 Å². The monoisotopic (exact) mass is 271 g/mol. The topological polar surface area (TPSA) is 62.1 Å². The van der Waals surface area contributed by atoms with Gasteiger partial charge in [-0.05, 0) is 56.1 Å². The van der Waals surface area contributed by atoms with Gasteiger partial charge in [0.2, 0.25) is 5.91 Å². The first-order valence-electron chi connectivity index (χ1n) is 7.21. The summed E-state index contributed by atoms with van der Waals surface area (Å²) in [5.74, 6) is -0.281. The van der Waals surface area contributed by atoms with Crippen molar-refractivity contribution < 1.29 is 4.79 Å². The molecule has 3 rings (SSSR count). The number of nitrogens with two attached hydrogens (primary N) is 1. The maximum atomic E-state index is 11.1. The number of rotatable bonds is 4. The summed E-state index contributed by atoms with van der Waals surface area (Å²) in [5.41, 5.74) is 8.74. The van der Waals surface area contributed by atoms with Crippen LogP contribution in [0.4, 0.5) is 0 Å². The maximum absolute atomic E-state index is 11.1. The van der Waals surface area contributed by atoms with Crippen LogP contribution >= 0.6 is 0 Å². The van der Waals surface area contributed by atoms with Gasteiger partial charge in [0, 0.05) is 23.1 Å². The van der Waals surface area contributed by atoms with Crippen LogP contribution in [0.25, 0.3) is 10.9 Å². The number of likely N-dealkylation sites (tertiary alicyclic amines) is 1. The molecular formula is C16H21N3O. The number of carbonyl (C=O) groups excluding carboxylic acids is 1. The average Bonchev–Trinajstić information content (AvgIpc) is 2.97. The quantitative estimate of drug-likeness (QED) is 0.891. The number of primary amides is 1. The second kappa shape index (κ2) is 5.29. The predicted molar refractivity (Wildman–Crippen MR) is 80.6 cm³/mol. The lowest BCUT2D eigenvalue weighted by Crippen LogP contribution is -2.26. The van der Waals surface area contributed by atoms with Gasteiger partial charge in [0.25, 0.3) is 0 Å². The minimum atomic E-state index is -0.281. The van der Waals surface area contributed by atoms with Gasteiger partial charge in [-0.25, -0.2) is 0 Å². The van der Waals surface area contributed by atoms with Gasteiger partial charge in [-0.3, -0.25) is 4.79 Å². The normalized spacial score (nSPS) is 19.8. The maximum Gasteiger partial charge on any atom is 0.221 e. The van der Waals surface area contributed by atoms with Crippen LogP contribution in [0, 0.1) is 0 Å². The van der Waals surface area contributed by atoms with E-state index in [2.05, 4.69) is 29.2 Å². The van der Waals surface area contributed by atoms with Gasteiger partial charge in [-0.1, -0.05) is 6.07 Å². The standard InChI is InChI=1S/C16H21N3O/c1-19-6-2-3-13(19)9-12-10-18-15-5-4-11(7-14(12)15)8-16(17)20/h4-5,7,10,13,18H,2-3,6,8-9H2,1H3,(H2,17,20)/t13-/m1/s1. The molecule has 1 atom stereocenters. The van der Waals surface area contributed by atoms with Crippen LogP contribution in [-0.2, 0) is 17.6 Å². The Hall–Kier alpha value is -1.81. The first kappa shape index (κ1) is 13.2. The number of nitrogens with one attached hydrogen (secondary N) is 1. The molecule has 0 spiro atoms. The lowest BCUT2D eigenvalue weighted by Gasteiger charge is -2.18. The molecule has 1 saturated heterocycles. The third-order valence-electron chi connectivity index (χ3n) is 4.34. The second-order valence-corrected chi connectivity index (χ2v) is 5.82. The van der Waals surface area contributed by atoms with Gasteiger partial charge in [-0.15, -0.1) is 0 Å². The number of hydrogen-bond donors (Lipinski definition) is 2. The molecule has 0 unspecified atom stereocenters. The summed E-state index contributed by atoms with van der Waals surface area (Å²) >= 11 is 0. The van der Waals surface area contributed by atoms with E-state index in [-0.39, 0.29) is 5.91 Å². The van der Waals surface area contributed by atoms with Crippen molar-refractivity contribution >= 4 is 16.8 Å². The summed E-state index contributed by atoms with van der Waals surface area (Å²) in [6, 6.07) is 6.74. The van der Waals surface area contributed by atoms with E-state index in [9.17, 15) is 4.79 Å². The number of carbonyl (C=O) groups is 1. The molecule has 1 aromatic carbocycles. The van der Waals surface area contributed by atoms with Crippen molar-refractivity contribution in [3.63, 3.8) is 0 Å². The first-order chi connectivity index (χ1) is 9.63. The minimum absolute atomic E-state index is 0.281. The van der Waals surface area contributed by atoms with E-state index < -0.39 is 0 Å². The number of H-pyrrole nitrogens is 1. The number of fused-ring (bicyclic) bond motifs is 1. The molecule has 20 heavy (non-hydrogen) atoms. The number of aromatic amines is 1. The van der Waals surface area contributed by atoms with Crippen molar-refractivity contribution in [3.05, 3.63) is 35.5 Å². The fraction of sp³-hybridized carbons (Fsp3) is 0.438. The molecule has 106 valence electrons. The largest absolute Gasteiger partial charge is 0.369 e. The number of amides is 1. The molecule has 4 nitrogen and oxygen atoms in total. The molecule has 1 amide bonds. The Bertz CT molecular complexity index is 632. The number of hydrogen-bond acceptors (Lipinski definition) is 2. The Labute approximate surface area is 118 Å². The van der Waals surface area contributed by atoms with E-state index in [1.165, 1.54) is 30.3 Å². The Morgan fingerprint density at radius 1 is 1.50 bits per heavy atom. The lowest BCUT2D eigenvalue weighted by molar-refractivity contribution is -0.117. The Kier molecular flexibility index (Phi) is 3.49. The third-order valence-corrected chi connectivity index (χ3v) is 4.34. The van der Waals surface area contributed by atoms with Gasteiger partial charge in [0.1, 0.15) is 0 Å². The Balaban J connectivity index is 1.88. The van der Waals surface area contributed by atoms with Crippen LogP contribution < -0.4 is 5.73 Å².